The molecule has 1 unspecified atom stereocenters. The van der Waals surface area contributed by atoms with Crippen LogP contribution >= 0.6 is 0 Å². The molecule has 36 heavy (non-hydrogen) atoms. The van der Waals surface area contributed by atoms with E-state index in [4.69, 9.17) is 0 Å². The first-order valence-electron chi connectivity index (χ1n) is 11.2. The molecule has 0 aliphatic rings. The maximum Gasteiger partial charge on any atom is 0.272 e. The molecule has 0 saturated carbocycles. The van der Waals surface area contributed by atoms with Gasteiger partial charge in [-0.1, -0.05) is 24.3 Å². The first-order chi connectivity index (χ1) is 16.9. The quantitative estimate of drug-likeness (QED) is 0.521. The summed E-state index contributed by atoms with van der Waals surface area (Å²) in [5, 5.41) is 16.2. The van der Waals surface area contributed by atoms with Crippen molar-refractivity contribution in [3.8, 4) is 5.69 Å². The second-order valence-corrected chi connectivity index (χ2v) is 8.88. The number of halogens is 2. The van der Waals surface area contributed by atoms with Gasteiger partial charge in [-0.2, -0.15) is 9.78 Å². The third kappa shape index (κ3) is 5.18. The number of aliphatic hydroxyl groups is 1. The number of carbonyl (C=O) groups excluding carboxylic acids is 2. The number of aliphatic hydroxyl groups excluding tert-OH is 1. The molecule has 0 aliphatic carbocycles. The van der Waals surface area contributed by atoms with E-state index in [1.165, 1.54) is 50.2 Å². The molecule has 1 aromatic heterocycles. The van der Waals surface area contributed by atoms with Crippen LogP contribution in [0.3, 0.4) is 0 Å². The summed E-state index contributed by atoms with van der Waals surface area (Å²) < 4.78 is 30.6. The molecule has 2 aromatic carbocycles. The van der Waals surface area contributed by atoms with Crippen molar-refractivity contribution < 1.29 is 23.5 Å². The second-order valence-electron chi connectivity index (χ2n) is 8.88. The van der Waals surface area contributed by atoms with Crippen molar-refractivity contribution in [1.82, 2.24) is 20.0 Å². The Hall–Kier alpha value is -3.92. The zero-order chi connectivity index (χ0) is 26.8. The van der Waals surface area contributed by atoms with Crippen molar-refractivity contribution >= 4 is 11.8 Å². The molecular formula is C26H28F2N4O4. The molecule has 0 saturated heterocycles. The standard InChI is InChI=1S/C26H28F2N4O4/c1-15-17(8-6-10-19(15)26(3,28)14-33)16(2)29-24(35)20-12-13-22(34)32(30-20)21-11-7-9-18(23(21)27)25(36)31(4)5/h6-13,16,33H,14H2,1-5H3,(H,29,35)/t16-,26?/m1/s1. The van der Waals surface area contributed by atoms with Crippen molar-refractivity contribution in [2.24, 2.45) is 0 Å². The van der Waals surface area contributed by atoms with Gasteiger partial charge in [-0.3, -0.25) is 14.4 Å². The van der Waals surface area contributed by atoms with Gasteiger partial charge in [0.15, 0.2) is 11.5 Å². The van der Waals surface area contributed by atoms with Gasteiger partial charge in [-0.05, 0) is 55.7 Å². The molecule has 0 spiro atoms. The van der Waals surface area contributed by atoms with Crippen LogP contribution in [0.5, 0.6) is 0 Å². The lowest BCUT2D eigenvalue weighted by Gasteiger charge is -2.24. The number of nitrogens with zero attached hydrogens (tertiary/aromatic N) is 3. The third-order valence-electron chi connectivity index (χ3n) is 5.92. The first-order valence-corrected chi connectivity index (χ1v) is 11.2. The highest BCUT2D eigenvalue weighted by atomic mass is 19.1. The Labute approximate surface area is 207 Å². The van der Waals surface area contributed by atoms with E-state index in [0.717, 1.165) is 10.7 Å². The average molecular weight is 499 g/mol. The zero-order valence-electron chi connectivity index (χ0n) is 20.7. The smallest absolute Gasteiger partial charge is 0.272 e. The molecule has 0 radical (unpaired) electrons. The zero-order valence-corrected chi connectivity index (χ0v) is 20.7. The Morgan fingerprint density at radius 3 is 2.47 bits per heavy atom. The van der Waals surface area contributed by atoms with Crippen LogP contribution < -0.4 is 10.9 Å². The number of hydrogen-bond acceptors (Lipinski definition) is 5. The Morgan fingerprint density at radius 1 is 1.17 bits per heavy atom. The van der Waals surface area contributed by atoms with E-state index in [1.807, 2.05) is 0 Å². The molecule has 2 amide bonds. The molecule has 2 N–H and O–H groups in total. The Bertz CT molecular complexity index is 1370. The van der Waals surface area contributed by atoms with Crippen molar-refractivity contribution in [2.75, 3.05) is 20.7 Å². The van der Waals surface area contributed by atoms with Gasteiger partial charge in [0.2, 0.25) is 0 Å². The van der Waals surface area contributed by atoms with E-state index in [-0.39, 0.29) is 16.9 Å². The number of benzene rings is 2. The molecule has 3 aromatic rings. The van der Waals surface area contributed by atoms with Crippen LogP contribution in [0.25, 0.3) is 5.69 Å². The molecule has 10 heteroatoms. The Kier molecular flexibility index (Phi) is 7.68. The number of aromatic nitrogens is 2. The van der Waals surface area contributed by atoms with Gasteiger partial charge in [0.05, 0.1) is 18.2 Å². The van der Waals surface area contributed by atoms with Crippen LogP contribution in [0.4, 0.5) is 8.78 Å². The predicted octanol–water partition coefficient (Wildman–Crippen LogP) is 3.05. The molecule has 1 heterocycles. The van der Waals surface area contributed by atoms with E-state index in [9.17, 15) is 23.9 Å². The average Bonchev–Trinajstić information content (AvgIpc) is 2.84. The fraction of sp³-hybridized carbons (Fsp3) is 0.308. The maximum atomic E-state index is 15.1. The van der Waals surface area contributed by atoms with Gasteiger partial charge in [0, 0.05) is 20.2 Å². The van der Waals surface area contributed by atoms with E-state index in [1.54, 1.807) is 32.0 Å². The molecule has 2 atom stereocenters. The summed E-state index contributed by atoms with van der Waals surface area (Å²) in [6.45, 7) is 3.98. The molecular weight excluding hydrogens is 470 g/mol. The lowest BCUT2D eigenvalue weighted by Crippen LogP contribution is -2.32. The van der Waals surface area contributed by atoms with Crippen LogP contribution in [-0.2, 0) is 5.67 Å². The highest BCUT2D eigenvalue weighted by Crippen LogP contribution is 2.31. The third-order valence-corrected chi connectivity index (χ3v) is 5.92. The minimum absolute atomic E-state index is 0.162. The van der Waals surface area contributed by atoms with E-state index in [0.29, 0.717) is 16.7 Å². The van der Waals surface area contributed by atoms with Crippen molar-refractivity contribution in [2.45, 2.75) is 32.5 Å². The molecule has 0 aliphatic heterocycles. The number of rotatable bonds is 7. The molecule has 190 valence electrons. The summed E-state index contributed by atoms with van der Waals surface area (Å²) >= 11 is 0. The molecule has 8 nitrogen and oxygen atoms in total. The number of nitrogens with one attached hydrogen (secondary N) is 1. The molecule has 0 bridgehead atoms. The van der Waals surface area contributed by atoms with E-state index < -0.39 is 41.5 Å². The van der Waals surface area contributed by atoms with Crippen LogP contribution in [0.2, 0.25) is 0 Å². The predicted molar refractivity (Wildman–Crippen MR) is 130 cm³/mol. The van der Waals surface area contributed by atoms with E-state index in [2.05, 4.69) is 10.4 Å². The monoisotopic (exact) mass is 498 g/mol. The second kappa shape index (κ2) is 10.4. The lowest BCUT2D eigenvalue weighted by atomic mass is 9.89. The topological polar surface area (TPSA) is 105 Å². The van der Waals surface area contributed by atoms with Gasteiger partial charge in [-0.25, -0.2) is 8.78 Å². The summed E-state index contributed by atoms with van der Waals surface area (Å²) in [7, 11) is 2.94. The highest BCUT2D eigenvalue weighted by molar-refractivity contribution is 5.95. The summed E-state index contributed by atoms with van der Waals surface area (Å²) in [5.41, 5.74) is -1.81. The minimum Gasteiger partial charge on any atom is -0.393 e. The molecule has 0 fully saturated rings. The van der Waals surface area contributed by atoms with Gasteiger partial charge < -0.3 is 15.3 Å². The van der Waals surface area contributed by atoms with Gasteiger partial charge >= 0.3 is 0 Å². The fourth-order valence-electron chi connectivity index (χ4n) is 3.92. The van der Waals surface area contributed by atoms with Gasteiger partial charge in [0.1, 0.15) is 11.4 Å². The summed E-state index contributed by atoms with van der Waals surface area (Å²) in [4.78, 5) is 38.9. The Morgan fingerprint density at radius 2 is 1.83 bits per heavy atom. The van der Waals surface area contributed by atoms with Gasteiger partial charge in [0.25, 0.3) is 17.4 Å². The van der Waals surface area contributed by atoms with Gasteiger partial charge in [-0.15, -0.1) is 0 Å². The first kappa shape index (κ1) is 26.7. The fourth-order valence-corrected chi connectivity index (χ4v) is 3.92. The van der Waals surface area contributed by atoms with Crippen LogP contribution in [-0.4, -0.2) is 52.3 Å². The van der Waals surface area contributed by atoms with Crippen molar-refractivity contribution in [3.05, 3.63) is 92.6 Å². The number of amides is 2. The number of hydrogen-bond donors (Lipinski definition) is 2. The molecule has 3 rings (SSSR count). The Balaban J connectivity index is 1.94. The lowest BCUT2D eigenvalue weighted by molar-refractivity contribution is 0.0822. The normalized spacial score (nSPS) is 13.6. The number of carbonyl (C=O) groups is 2. The summed E-state index contributed by atoms with van der Waals surface area (Å²) in [6, 6.07) is 10.6. The van der Waals surface area contributed by atoms with Crippen LogP contribution in [0.15, 0.2) is 53.3 Å². The summed E-state index contributed by atoms with van der Waals surface area (Å²) in [6.07, 6.45) is 0. The summed E-state index contributed by atoms with van der Waals surface area (Å²) in [5.74, 6) is -2.18. The van der Waals surface area contributed by atoms with Crippen molar-refractivity contribution in [1.29, 1.82) is 0 Å². The largest absolute Gasteiger partial charge is 0.393 e. The minimum atomic E-state index is -1.95. The SMILES string of the molecule is Cc1c([C@@H](C)NC(=O)c2ccc(=O)n(-c3cccc(C(=O)N(C)C)c3F)n2)cccc1C(C)(F)CO. The van der Waals surface area contributed by atoms with E-state index >= 15 is 4.39 Å². The van der Waals surface area contributed by atoms with Crippen LogP contribution in [0.1, 0.15) is 57.4 Å². The van der Waals surface area contributed by atoms with Crippen molar-refractivity contribution in [3.63, 3.8) is 0 Å². The highest BCUT2D eigenvalue weighted by Gasteiger charge is 2.28. The maximum absolute atomic E-state index is 15.1. The van der Waals surface area contributed by atoms with Crippen LogP contribution in [0, 0.1) is 12.7 Å². The number of alkyl halides is 1.